The van der Waals surface area contributed by atoms with E-state index in [1.807, 2.05) is 42.5 Å². The van der Waals surface area contributed by atoms with E-state index in [4.69, 9.17) is 35.5 Å². The van der Waals surface area contributed by atoms with Crippen LogP contribution in [0.25, 0.3) is 0 Å². The van der Waals surface area contributed by atoms with E-state index in [0.717, 1.165) is 22.5 Å². The van der Waals surface area contributed by atoms with Gasteiger partial charge in [-0.15, -0.1) is 0 Å². The summed E-state index contributed by atoms with van der Waals surface area (Å²) < 4.78 is 22.1. The van der Waals surface area contributed by atoms with Crippen molar-refractivity contribution in [1.29, 1.82) is 0 Å². The number of ether oxygens (including phenoxy) is 4. The molecule has 3 unspecified atom stereocenters. The van der Waals surface area contributed by atoms with E-state index in [9.17, 15) is 19.8 Å². The molecule has 268 valence electrons. The van der Waals surface area contributed by atoms with Crippen molar-refractivity contribution in [3.63, 3.8) is 0 Å². The van der Waals surface area contributed by atoms with Crippen LogP contribution in [0.1, 0.15) is 34.8 Å². The molecule has 2 heterocycles. The lowest BCUT2D eigenvalue weighted by Gasteiger charge is -2.31. The van der Waals surface area contributed by atoms with Gasteiger partial charge in [-0.05, 0) is 55.5 Å². The van der Waals surface area contributed by atoms with Gasteiger partial charge in [0.15, 0.2) is 11.5 Å². The number of phenolic OH excluding ortho intramolecular Hbond substituents is 2. The van der Waals surface area contributed by atoms with Crippen LogP contribution < -0.4 is 31.1 Å². The second-order valence-corrected chi connectivity index (χ2v) is 12.0. The van der Waals surface area contributed by atoms with Crippen LogP contribution >= 0.6 is 11.6 Å². The van der Waals surface area contributed by atoms with Crippen molar-refractivity contribution in [3.05, 3.63) is 82.4 Å². The van der Waals surface area contributed by atoms with Gasteiger partial charge < -0.3 is 44.7 Å². The van der Waals surface area contributed by atoms with Crippen LogP contribution in [0.4, 0.5) is 5.69 Å². The summed E-state index contributed by atoms with van der Waals surface area (Å²) >= 11 is 6.20. The largest absolute Gasteiger partial charge is 0.504 e. The minimum atomic E-state index is -0.418. The Morgan fingerprint density at radius 1 is 0.860 bits per heavy atom. The van der Waals surface area contributed by atoms with Crippen molar-refractivity contribution < 1.29 is 38.7 Å². The fourth-order valence-electron chi connectivity index (χ4n) is 5.65. The number of nitrogens with zero attached hydrogens (tertiary/aromatic N) is 2. The first-order valence-electron chi connectivity index (χ1n) is 16.4. The third-order valence-electron chi connectivity index (χ3n) is 8.15. The number of carbonyl (C=O) groups is 2. The highest BCUT2D eigenvalue weighted by molar-refractivity contribution is 6.30. The Kier molecular flexibility index (Phi) is 13.3. The van der Waals surface area contributed by atoms with Crippen LogP contribution in [0.2, 0.25) is 5.02 Å². The van der Waals surface area contributed by atoms with E-state index in [2.05, 4.69) is 33.3 Å². The van der Waals surface area contributed by atoms with Crippen LogP contribution in [0, 0.1) is 0 Å². The molecule has 0 spiro atoms. The first kappa shape index (κ1) is 36.8. The number of aliphatic imine (C=N–C) groups is 1. The summed E-state index contributed by atoms with van der Waals surface area (Å²) in [6.07, 6.45) is -0.177. The van der Waals surface area contributed by atoms with Gasteiger partial charge >= 0.3 is 0 Å². The lowest BCUT2D eigenvalue weighted by atomic mass is 9.99. The number of anilines is 1. The number of phenols is 2. The zero-order valence-electron chi connectivity index (χ0n) is 28.0. The fraction of sp³-hybridized carbons (Fsp3) is 0.400. The number of aromatic hydroxyl groups is 2. The van der Waals surface area contributed by atoms with Crippen molar-refractivity contribution in [1.82, 2.24) is 21.5 Å². The maximum atomic E-state index is 13.2. The van der Waals surface area contributed by atoms with Gasteiger partial charge in [-0.25, -0.2) is 10.9 Å². The van der Waals surface area contributed by atoms with Gasteiger partial charge in [0.2, 0.25) is 5.91 Å². The molecule has 6 N–H and O–H groups in total. The minimum Gasteiger partial charge on any atom is -0.504 e. The molecule has 5 rings (SSSR count). The normalized spacial score (nSPS) is 18.1. The third kappa shape index (κ3) is 9.62. The SMILES string of the molecule is COc1ccc2c(c1)C(c1ccc(Cl)cc1)=NC(CC(=O)NCCOCCOCCOCCNC(=O)c1ccc(O)c(O)c1)C1NNC(C)N21. The molecule has 0 aliphatic carbocycles. The Morgan fingerprint density at radius 3 is 2.22 bits per heavy atom. The number of benzene rings is 3. The number of carbonyl (C=O) groups excluding carboxylic acids is 2. The van der Waals surface area contributed by atoms with Crippen molar-refractivity contribution in [2.75, 3.05) is 64.7 Å². The molecule has 14 nitrogen and oxygen atoms in total. The summed E-state index contributed by atoms with van der Waals surface area (Å²) in [6.45, 7) is 4.70. The Morgan fingerprint density at radius 2 is 1.54 bits per heavy atom. The van der Waals surface area contributed by atoms with E-state index in [1.165, 1.54) is 18.2 Å². The van der Waals surface area contributed by atoms with E-state index in [1.54, 1.807) is 7.11 Å². The van der Waals surface area contributed by atoms with Crippen LogP contribution in [-0.4, -0.2) is 106 Å². The monoisotopic (exact) mass is 710 g/mol. The molecule has 0 radical (unpaired) electrons. The molecular formula is C35H43ClN6O8. The molecule has 0 saturated carbocycles. The van der Waals surface area contributed by atoms with Crippen molar-refractivity contribution in [2.24, 2.45) is 4.99 Å². The van der Waals surface area contributed by atoms with E-state index < -0.39 is 6.04 Å². The Hall–Kier alpha value is -4.44. The van der Waals surface area contributed by atoms with Crippen LogP contribution in [0.15, 0.2) is 65.7 Å². The predicted octanol–water partition coefficient (Wildman–Crippen LogP) is 2.55. The molecule has 15 heteroatoms. The molecule has 50 heavy (non-hydrogen) atoms. The van der Waals surface area contributed by atoms with Gasteiger partial charge in [-0.1, -0.05) is 23.7 Å². The van der Waals surface area contributed by atoms with Gasteiger partial charge in [0.25, 0.3) is 5.91 Å². The van der Waals surface area contributed by atoms with Gasteiger partial charge in [-0.3, -0.25) is 14.6 Å². The number of rotatable bonds is 17. The molecule has 2 aliphatic rings. The van der Waals surface area contributed by atoms with E-state index >= 15 is 0 Å². The van der Waals surface area contributed by atoms with Gasteiger partial charge in [0, 0.05) is 40.5 Å². The average molecular weight is 711 g/mol. The first-order valence-corrected chi connectivity index (χ1v) is 16.7. The lowest BCUT2D eigenvalue weighted by Crippen LogP contribution is -2.48. The van der Waals surface area contributed by atoms with Crippen molar-refractivity contribution in [3.8, 4) is 17.2 Å². The predicted molar refractivity (Wildman–Crippen MR) is 188 cm³/mol. The standard InChI is InChI=1S/C35H43ClN6O8/c1-22-40-41-34-28(39-33(23-3-6-25(36)7-4-23)27-20-26(47-2)8-9-29(27)42(22)34)21-32(45)37-11-13-48-15-17-50-18-16-49-14-12-38-35(46)24-5-10-30(43)31(44)19-24/h3-10,19-20,22,28,34,40-41,43-44H,11-18,21H2,1-2H3,(H,37,45)(H,38,46). The van der Waals surface area contributed by atoms with E-state index in [0.29, 0.717) is 50.4 Å². The minimum absolute atomic E-state index is 0.0539. The number of hydrogen-bond donors (Lipinski definition) is 6. The summed E-state index contributed by atoms with van der Waals surface area (Å²) in [5.74, 6) is -0.466. The highest BCUT2D eigenvalue weighted by Crippen LogP contribution is 2.36. The third-order valence-corrected chi connectivity index (χ3v) is 8.40. The van der Waals surface area contributed by atoms with Gasteiger partial charge in [0.1, 0.15) is 11.9 Å². The molecule has 2 amide bonds. The summed E-state index contributed by atoms with van der Waals surface area (Å²) in [5, 5.41) is 25.1. The molecule has 2 aliphatic heterocycles. The topological polar surface area (TPSA) is 175 Å². The number of nitrogens with one attached hydrogen (secondary N) is 4. The highest BCUT2D eigenvalue weighted by Gasteiger charge is 2.40. The molecule has 0 bridgehead atoms. The summed E-state index contributed by atoms with van der Waals surface area (Å²) in [4.78, 5) is 32.6. The highest BCUT2D eigenvalue weighted by atomic mass is 35.5. The molecule has 0 aromatic heterocycles. The van der Waals surface area contributed by atoms with Crippen LogP contribution in [-0.2, 0) is 19.0 Å². The number of hydrogen-bond acceptors (Lipinski definition) is 12. The number of methoxy groups -OCH3 is 1. The molecule has 3 atom stereocenters. The molecule has 1 saturated heterocycles. The number of halogens is 1. The maximum Gasteiger partial charge on any atom is 0.251 e. The number of fused-ring (bicyclic) bond motifs is 3. The summed E-state index contributed by atoms with van der Waals surface area (Å²) in [7, 11) is 1.63. The maximum absolute atomic E-state index is 13.2. The molecule has 3 aromatic rings. The summed E-state index contributed by atoms with van der Waals surface area (Å²) in [5.41, 5.74) is 10.4. The van der Waals surface area contributed by atoms with E-state index in [-0.39, 0.29) is 60.8 Å². The van der Waals surface area contributed by atoms with Crippen molar-refractivity contribution in [2.45, 2.75) is 31.7 Å². The van der Waals surface area contributed by atoms with Crippen LogP contribution in [0.5, 0.6) is 17.2 Å². The Bertz CT molecular complexity index is 1640. The molecule has 1 fully saturated rings. The van der Waals surface area contributed by atoms with Crippen molar-refractivity contribution >= 4 is 34.8 Å². The lowest BCUT2D eigenvalue weighted by molar-refractivity contribution is -0.121. The smallest absolute Gasteiger partial charge is 0.251 e. The Labute approximate surface area is 295 Å². The second kappa shape index (κ2) is 18.0. The zero-order chi connectivity index (χ0) is 35.5. The number of hydrazine groups is 1. The molecular weight excluding hydrogens is 668 g/mol. The number of amides is 2. The van der Waals surface area contributed by atoms with Crippen LogP contribution in [0.3, 0.4) is 0 Å². The van der Waals surface area contributed by atoms with Gasteiger partial charge in [-0.2, -0.15) is 0 Å². The summed E-state index contributed by atoms with van der Waals surface area (Å²) in [6, 6.07) is 16.9. The molecule has 3 aromatic carbocycles. The zero-order valence-corrected chi connectivity index (χ0v) is 28.7. The fourth-order valence-corrected chi connectivity index (χ4v) is 5.78. The quantitative estimate of drug-likeness (QED) is 0.0898. The average Bonchev–Trinajstić information content (AvgIpc) is 3.44. The Balaban J connectivity index is 1.02. The first-order chi connectivity index (χ1) is 24.2. The second-order valence-electron chi connectivity index (χ2n) is 11.6. The van der Waals surface area contributed by atoms with Gasteiger partial charge in [0.05, 0.1) is 71.1 Å².